The summed E-state index contributed by atoms with van der Waals surface area (Å²) in [6.45, 7) is 3.84. The molecular weight excluding hydrogens is 493 g/mol. The number of pyridine rings is 2. The minimum atomic E-state index is -4.37. The topological polar surface area (TPSA) is 104 Å². The van der Waals surface area contributed by atoms with Crippen molar-refractivity contribution in [2.24, 2.45) is 0 Å². The van der Waals surface area contributed by atoms with Crippen LogP contribution in [0.15, 0.2) is 76.7 Å². The van der Waals surface area contributed by atoms with Crippen molar-refractivity contribution in [3.05, 3.63) is 84.1 Å². The summed E-state index contributed by atoms with van der Waals surface area (Å²) in [7, 11) is -2.79. The van der Waals surface area contributed by atoms with Gasteiger partial charge in [-0.2, -0.15) is 0 Å². The van der Waals surface area contributed by atoms with Crippen molar-refractivity contribution in [3.8, 4) is 22.8 Å². The number of anilines is 2. The van der Waals surface area contributed by atoms with Gasteiger partial charge in [0.2, 0.25) is 15.7 Å². The number of unbranched alkanes of at least 4 members (excludes halogenated alkanes) is 1. The van der Waals surface area contributed by atoms with Gasteiger partial charge < -0.3 is 15.1 Å². The van der Waals surface area contributed by atoms with Gasteiger partial charge in [-0.15, -0.1) is 0 Å². The first-order chi connectivity index (χ1) is 17.6. The van der Waals surface area contributed by atoms with Crippen LogP contribution >= 0.6 is 0 Å². The number of aromatic hydroxyl groups is 2. The lowest BCUT2D eigenvalue weighted by molar-refractivity contribution is 0.405. The first kappa shape index (κ1) is 26.1. The lowest BCUT2D eigenvalue weighted by Gasteiger charge is -2.25. The van der Waals surface area contributed by atoms with E-state index in [9.17, 15) is 23.0 Å². The van der Waals surface area contributed by atoms with Gasteiger partial charge in [-0.25, -0.2) is 17.8 Å². The highest BCUT2D eigenvalue weighted by molar-refractivity contribution is 7.91. The van der Waals surface area contributed by atoms with Crippen LogP contribution in [0.2, 0.25) is 0 Å². The number of benzene rings is 2. The van der Waals surface area contributed by atoms with Crippen LogP contribution in [0.4, 0.5) is 15.8 Å². The third kappa shape index (κ3) is 5.13. The van der Waals surface area contributed by atoms with Crippen molar-refractivity contribution in [1.82, 2.24) is 9.97 Å². The quantitative estimate of drug-likeness (QED) is 0.295. The Hall–Kier alpha value is -3.98. The second kappa shape index (κ2) is 10.6. The van der Waals surface area contributed by atoms with Gasteiger partial charge in [-0.3, -0.25) is 4.98 Å². The predicted molar refractivity (Wildman–Crippen MR) is 141 cm³/mol. The number of aromatic nitrogens is 2. The van der Waals surface area contributed by atoms with Gasteiger partial charge in [0.25, 0.3) is 0 Å². The second-order valence-electron chi connectivity index (χ2n) is 8.72. The zero-order chi connectivity index (χ0) is 26.7. The van der Waals surface area contributed by atoms with E-state index in [4.69, 9.17) is 0 Å². The Bertz CT molecular complexity index is 1540. The molecule has 2 heterocycles. The fourth-order valence-corrected chi connectivity index (χ4v) is 5.60. The first-order valence-electron chi connectivity index (χ1n) is 11.9. The predicted octanol–water partition coefficient (Wildman–Crippen LogP) is 5.95. The molecule has 4 aromatic rings. The lowest BCUT2D eigenvalue weighted by Crippen LogP contribution is -2.16. The fraction of sp³-hybridized carbons (Fsp3) is 0.214. The normalized spacial score (nSPS) is 11.5. The van der Waals surface area contributed by atoms with Crippen molar-refractivity contribution in [2.45, 2.75) is 42.9 Å². The summed E-state index contributed by atoms with van der Waals surface area (Å²) in [5.74, 6) is -1.91. The summed E-state index contributed by atoms with van der Waals surface area (Å²) in [4.78, 5) is 9.10. The SMILES string of the molecule is CCCCc1nc(O)c(S(=O)(=O)c2ccc(-c3cccnc3C)cc2)c(O)c1N(C)c1cccc(F)c1. The van der Waals surface area contributed by atoms with Gasteiger partial charge in [0, 0.05) is 30.2 Å². The molecule has 2 aromatic carbocycles. The molecule has 0 fully saturated rings. The van der Waals surface area contributed by atoms with E-state index in [0.717, 1.165) is 23.2 Å². The van der Waals surface area contributed by atoms with Gasteiger partial charge >= 0.3 is 0 Å². The van der Waals surface area contributed by atoms with Crippen LogP contribution in [-0.4, -0.2) is 35.6 Å². The van der Waals surface area contributed by atoms with Crippen LogP contribution in [0.3, 0.4) is 0 Å². The molecule has 37 heavy (non-hydrogen) atoms. The highest BCUT2D eigenvalue weighted by Gasteiger charge is 2.32. The minimum absolute atomic E-state index is 0.0954. The number of nitrogens with zero attached hydrogens (tertiary/aromatic N) is 3. The van der Waals surface area contributed by atoms with E-state index in [0.29, 0.717) is 24.2 Å². The minimum Gasteiger partial charge on any atom is -0.504 e. The van der Waals surface area contributed by atoms with Gasteiger partial charge in [0.05, 0.1) is 10.6 Å². The Morgan fingerprint density at radius 1 is 1.03 bits per heavy atom. The van der Waals surface area contributed by atoms with E-state index in [-0.39, 0.29) is 10.6 Å². The van der Waals surface area contributed by atoms with Gasteiger partial charge in [0.1, 0.15) is 11.5 Å². The molecule has 0 aliphatic carbocycles. The Labute approximate surface area is 215 Å². The number of sulfone groups is 1. The monoisotopic (exact) mass is 521 g/mol. The highest BCUT2D eigenvalue weighted by Crippen LogP contribution is 2.45. The van der Waals surface area contributed by atoms with Crippen LogP contribution in [0.1, 0.15) is 31.2 Å². The fourth-order valence-electron chi connectivity index (χ4n) is 4.23. The van der Waals surface area contributed by atoms with E-state index in [2.05, 4.69) is 9.97 Å². The van der Waals surface area contributed by atoms with Crippen molar-refractivity contribution in [3.63, 3.8) is 0 Å². The first-order valence-corrected chi connectivity index (χ1v) is 13.3. The standard InChI is InChI=1S/C28H28FN3O4S/c1-4-5-11-24-25(32(3)21-9-6-8-20(29)17-21)26(33)27(28(34)31-24)37(35,36)22-14-12-19(13-15-22)23-10-7-16-30-18(23)2/h6-10,12-17H,4-5,11H2,1-3H3,(H2,31,33,34). The van der Waals surface area contributed by atoms with Crippen LogP contribution in [0, 0.1) is 12.7 Å². The van der Waals surface area contributed by atoms with Crippen LogP contribution in [0.25, 0.3) is 11.1 Å². The molecule has 0 atom stereocenters. The van der Waals surface area contributed by atoms with Gasteiger partial charge in [-0.1, -0.05) is 37.6 Å². The molecule has 7 nitrogen and oxygen atoms in total. The van der Waals surface area contributed by atoms with Crippen LogP contribution in [-0.2, 0) is 16.3 Å². The molecule has 0 aliphatic rings. The molecule has 2 aromatic heterocycles. The second-order valence-corrected chi connectivity index (χ2v) is 10.6. The maximum atomic E-state index is 13.9. The smallest absolute Gasteiger partial charge is 0.234 e. The third-order valence-corrected chi connectivity index (χ3v) is 8.01. The van der Waals surface area contributed by atoms with Crippen molar-refractivity contribution in [2.75, 3.05) is 11.9 Å². The zero-order valence-corrected chi connectivity index (χ0v) is 21.6. The molecular formula is C28H28FN3O4S. The van der Waals surface area contributed by atoms with Crippen molar-refractivity contribution in [1.29, 1.82) is 0 Å². The average Bonchev–Trinajstić information content (AvgIpc) is 2.87. The number of rotatable bonds is 8. The maximum absolute atomic E-state index is 13.9. The molecule has 0 radical (unpaired) electrons. The molecule has 4 rings (SSSR count). The number of hydrogen-bond acceptors (Lipinski definition) is 7. The molecule has 2 N–H and O–H groups in total. The summed E-state index contributed by atoms with van der Waals surface area (Å²) < 4.78 is 41.2. The van der Waals surface area contributed by atoms with Gasteiger partial charge in [0.15, 0.2) is 10.6 Å². The Kier molecular flexibility index (Phi) is 7.45. The average molecular weight is 522 g/mol. The molecule has 0 amide bonds. The zero-order valence-electron chi connectivity index (χ0n) is 20.8. The summed E-state index contributed by atoms with van der Waals surface area (Å²) in [5, 5.41) is 22.0. The Morgan fingerprint density at radius 2 is 1.76 bits per heavy atom. The molecule has 0 bridgehead atoms. The van der Waals surface area contributed by atoms with Crippen molar-refractivity contribution >= 4 is 21.2 Å². The summed E-state index contributed by atoms with van der Waals surface area (Å²) in [6.07, 6.45) is 3.57. The molecule has 0 unspecified atom stereocenters. The molecule has 192 valence electrons. The maximum Gasteiger partial charge on any atom is 0.234 e. The lowest BCUT2D eigenvalue weighted by atomic mass is 10.1. The van der Waals surface area contributed by atoms with E-state index in [1.54, 1.807) is 37.5 Å². The third-order valence-electron chi connectivity index (χ3n) is 6.21. The van der Waals surface area contributed by atoms with E-state index < -0.39 is 32.2 Å². The molecule has 0 saturated carbocycles. The highest BCUT2D eigenvalue weighted by atomic mass is 32.2. The number of hydrogen-bond donors (Lipinski definition) is 2. The molecule has 0 saturated heterocycles. The summed E-state index contributed by atoms with van der Waals surface area (Å²) in [5.41, 5.74) is 3.23. The Morgan fingerprint density at radius 3 is 2.41 bits per heavy atom. The van der Waals surface area contributed by atoms with Crippen LogP contribution in [0.5, 0.6) is 11.6 Å². The molecule has 0 spiro atoms. The van der Waals surface area contributed by atoms with Gasteiger partial charge in [-0.05, 0) is 61.7 Å². The van der Waals surface area contributed by atoms with Crippen molar-refractivity contribution < 1.29 is 23.0 Å². The summed E-state index contributed by atoms with van der Waals surface area (Å²) >= 11 is 0. The van der Waals surface area contributed by atoms with E-state index >= 15 is 0 Å². The van der Waals surface area contributed by atoms with E-state index in [1.807, 2.05) is 19.9 Å². The largest absolute Gasteiger partial charge is 0.504 e. The molecule has 0 aliphatic heterocycles. The van der Waals surface area contributed by atoms with Crippen LogP contribution < -0.4 is 4.90 Å². The summed E-state index contributed by atoms with van der Waals surface area (Å²) in [6, 6.07) is 15.5. The van der Waals surface area contributed by atoms with E-state index in [1.165, 1.54) is 35.2 Å². The number of aryl methyl sites for hydroxylation is 2. The number of halogens is 1. The Balaban J connectivity index is 1.84. The molecule has 9 heteroatoms.